The highest BCUT2D eigenvalue weighted by Crippen LogP contribution is 2.38. The highest BCUT2D eigenvalue weighted by molar-refractivity contribution is 7.45. The first-order chi connectivity index (χ1) is 38.0. The van der Waals surface area contributed by atoms with E-state index in [1.807, 2.05) is 21.1 Å². The molecule has 464 valence electrons. The number of nitrogens with one attached hydrogen (secondary N) is 1. The third-order valence-electron chi connectivity index (χ3n) is 16.2. The lowest BCUT2D eigenvalue weighted by Crippen LogP contribution is -2.46. The molecule has 9 heteroatoms. The Hall–Kier alpha value is -1.02. The zero-order valence-electron chi connectivity index (χ0n) is 53.2. The number of allylic oxidation sites excluding steroid dienone is 4. The second-order valence-electron chi connectivity index (χ2n) is 25.2. The molecule has 3 unspecified atom stereocenters. The van der Waals surface area contributed by atoms with Gasteiger partial charge in [0.15, 0.2) is 0 Å². The number of aliphatic hydroxyl groups excluding tert-OH is 1. The van der Waals surface area contributed by atoms with E-state index in [4.69, 9.17) is 9.05 Å². The van der Waals surface area contributed by atoms with E-state index in [0.717, 1.165) is 44.9 Å². The van der Waals surface area contributed by atoms with Crippen molar-refractivity contribution in [3.05, 3.63) is 24.3 Å². The monoisotopic (exact) mass is 1120 g/mol. The van der Waals surface area contributed by atoms with Crippen LogP contribution in [0.2, 0.25) is 0 Å². The van der Waals surface area contributed by atoms with E-state index >= 15 is 0 Å². The Morgan fingerprint density at radius 1 is 0.449 bits per heavy atom. The van der Waals surface area contributed by atoms with E-state index in [2.05, 4.69) is 43.5 Å². The molecule has 0 fully saturated rings. The van der Waals surface area contributed by atoms with Crippen molar-refractivity contribution < 1.29 is 32.9 Å². The first-order valence-electron chi connectivity index (χ1n) is 34.7. The number of unbranched alkanes of at least 4 members (excludes halogenated alkanes) is 48. The fourth-order valence-corrected chi connectivity index (χ4v) is 11.5. The van der Waals surface area contributed by atoms with Gasteiger partial charge in [-0.2, -0.15) is 0 Å². The van der Waals surface area contributed by atoms with Crippen LogP contribution in [0.5, 0.6) is 0 Å². The number of carbonyl (C=O) groups excluding carboxylic acids is 1. The van der Waals surface area contributed by atoms with Gasteiger partial charge >= 0.3 is 0 Å². The number of carbonyl (C=O) groups is 1. The summed E-state index contributed by atoms with van der Waals surface area (Å²) < 4.78 is 23.5. The minimum absolute atomic E-state index is 0.0155. The van der Waals surface area contributed by atoms with E-state index in [-0.39, 0.29) is 19.1 Å². The van der Waals surface area contributed by atoms with Crippen LogP contribution in [0.15, 0.2) is 24.3 Å². The largest absolute Gasteiger partial charge is 0.756 e. The number of nitrogens with zero attached hydrogens (tertiary/aromatic N) is 1. The van der Waals surface area contributed by atoms with Gasteiger partial charge < -0.3 is 28.8 Å². The van der Waals surface area contributed by atoms with Crippen molar-refractivity contribution in [2.24, 2.45) is 0 Å². The van der Waals surface area contributed by atoms with Gasteiger partial charge in [0.25, 0.3) is 7.82 Å². The number of hydrogen-bond acceptors (Lipinski definition) is 6. The Labute approximate surface area is 487 Å². The molecule has 78 heavy (non-hydrogen) atoms. The third-order valence-corrected chi connectivity index (χ3v) is 17.2. The van der Waals surface area contributed by atoms with Crippen molar-refractivity contribution in [1.29, 1.82) is 0 Å². The third kappa shape index (κ3) is 62.6. The molecule has 0 saturated carbocycles. The van der Waals surface area contributed by atoms with E-state index in [1.54, 1.807) is 0 Å². The molecule has 8 nitrogen and oxygen atoms in total. The van der Waals surface area contributed by atoms with Crippen LogP contribution in [0.25, 0.3) is 0 Å². The van der Waals surface area contributed by atoms with Crippen molar-refractivity contribution in [3.63, 3.8) is 0 Å². The fraction of sp³-hybridized carbons (Fsp3) is 0.928. The Kier molecular flexibility index (Phi) is 59.8. The summed E-state index contributed by atoms with van der Waals surface area (Å²) >= 11 is 0. The van der Waals surface area contributed by atoms with Crippen LogP contribution in [0.4, 0.5) is 0 Å². The predicted octanol–water partition coefficient (Wildman–Crippen LogP) is 21.3. The minimum Gasteiger partial charge on any atom is -0.756 e. The van der Waals surface area contributed by atoms with Crippen LogP contribution in [0, 0.1) is 0 Å². The molecule has 0 saturated heterocycles. The molecule has 0 rings (SSSR count). The van der Waals surface area contributed by atoms with Gasteiger partial charge in [-0.25, -0.2) is 0 Å². The molecule has 0 radical (unpaired) electrons. The number of quaternary nitrogens is 1. The summed E-state index contributed by atoms with van der Waals surface area (Å²) in [5.74, 6) is -0.156. The maximum atomic E-state index is 13.0. The molecule has 2 N–H and O–H groups in total. The number of phosphoric ester groups is 1. The molecule has 0 aromatic rings. The SMILES string of the molecule is CCCCCCC/C=C\C/C=C\CCCCCCCCCCCCCCCCCCCCCCCCCCCC(=O)NC(COP(=O)([O-])OCC[N+](C)(C)C)C(O)CCCCCCCCCCCCCCCCCCCCC. The van der Waals surface area contributed by atoms with Crippen molar-refractivity contribution >= 4 is 13.7 Å². The van der Waals surface area contributed by atoms with Crippen molar-refractivity contribution in [3.8, 4) is 0 Å². The van der Waals surface area contributed by atoms with Crippen molar-refractivity contribution in [1.82, 2.24) is 5.32 Å². The summed E-state index contributed by atoms with van der Waals surface area (Å²) in [6.07, 6.45) is 78.3. The average Bonchev–Trinajstić information content (AvgIpc) is 3.41. The maximum absolute atomic E-state index is 13.0. The van der Waals surface area contributed by atoms with E-state index < -0.39 is 20.0 Å². The molecule has 0 aromatic heterocycles. The van der Waals surface area contributed by atoms with E-state index in [0.29, 0.717) is 23.9 Å². The second-order valence-corrected chi connectivity index (χ2v) is 26.7. The van der Waals surface area contributed by atoms with Gasteiger partial charge in [-0.15, -0.1) is 0 Å². The summed E-state index contributed by atoms with van der Waals surface area (Å²) in [6.45, 7) is 4.77. The van der Waals surface area contributed by atoms with Gasteiger partial charge in [0, 0.05) is 6.42 Å². The van der Waals surface area contributed by atoms with Crippen molar-refractivity contribution in [2.45, 2.75) is 373 Å². The smallest absolute Gasteiger partial charge is 0.268 e. The van der Waals surface area contributed by atoms with Gasteiger partial charge in [0.05, 0.1) is 39.9 Å². The van der Waals surface area contributed by atoms with Gasteiger partial charge in [0.2, 0.25) is 5.91 Å². The average molecular weight is 1120 g/mol. The lowest BCUT2D eigenvalue weighted by atomic mass is 10.0. The Morgan fingerprint density at radius 3 is 1.06 bits per heavy atom. The molecule has 0 aliphatic carbocycles. The first kappa shape index (κ1) is 77.0. The number of hydrogen-bond donors (Lipinski definition) is 2. The molecule has 0 heterocycles. The number of amides is 1. The van der Waals surface area contributed by atoms with Crippen LogP contribution in [-0.2, 0) is 18.4 Å². The summed E-state index contributed by atoms with van der Waals surface area (Å²) in [5.41, 5.74) is 0. The van der Waals surface area contributed by atoms with Crippen LogP contribution < -0.4 is 10.2 Å². The van der Waals surface area contributed by atoms with Crippen LogP contribution >= 0.6 is 7.82 Å². The fourth-order valence-electron chi connectivity index (χ4n) is 10.8. The number of aliphatic hydroxyl groups is 1. The normalized spacial score (nSPS) is 13.8. The Morgan fingerprint density at radius 2 is 0.744 bits per heavy atom. The van der Waals surface area contributed by atoms with Gasteiger partial charge in [-0.05, 0) is 44.9 Å². The molecule has 3 atom stereocenters. The number of phosphoric acid groups is 1. The predicted molar refractivity (Wildman–Crippen MR) is 339 cm³/mol. The van der Waals surface area contributed by atoms with Crippen molar-refractivity contribution in [2.75, 3.05) is 40.9 Å². The lowest BCUT2D eigenvalue weighted by Gasteiger charge is -2.30. The Balaban J connectivity index is 3.91. The molecular formula is C69H137N2O6P. The lowest BCUT2D eigenvalue weighted by molar-refractivity contribution is -0.870. The van der Waals surface area contributed by atoms with Gasteiger partial charge in [0.1, 0.15) is 13.2 Å². The molecule has 0 aromatic carbocycles. The summed E-state index contributed by atoms with van der Waals surface area (Å²) in [7, 11) is 1.32. The highest BCUT2D eigenvalue weighted by atomic mass is 31.2. The molecular weight excluding hydrogens is 984 g/mol. The maximum Gasteiger partial charge on any atom is 0.268 e. The quantitative estimate of drug-likeness (QED) is 0.0272. The second kappa shape index (κ2) is 60.6. The zero-order chi connectivity index (χ0) is 57.0. The summed E-state index contributed by atoms with van der Waals surface area (Å²) in [5, 5.41) is 14.1. The number of likely N-dealkylation sites (N-methyl/N-ethyl adjacent to an activating group) is 1. The van der Waals surface area contributed by atoms with Crippen LogP contribution in [0.3, 0.4) is 0 Å². The standard InChI is InChI=1S/C69H137N2O6P/c1-6-8-10-12-14-16-18-20-22-24-26-27-28-29-30-31-32-33-34-35-36-37-38-39-40-41-42-43-45-47-49-51-53-55-57-59-61-63-69(73)70-67(66-77-78(74,75)76-65-64-71(3,4)5)68(72)62-60-58-56-54-52-50-48-46-44-25-23-21-19-17-15-13-11-9-7-2/h18,20,24,26,67-68,72H,6-17,19,21-23,25,27-66H2,1-5H3,(H-,70,73,74,75)/b20-18-,26-24-. The molecule has 0 aliphatic rings. The van der Waals surface area contributed by atoms with E-state index in [1.165, 1.54) is 289 Å². The van der Waals surface area contributed by atoms with Gasteiger partial charge in [-0.3, -0.25) is 9.36 Å². The van der Waals surface area contributed by atoms with Gasteiger partial charge in [-0.1, -0.05) is 334 Å². The zero-order valence-corrected chi connectivity index (χ0v) is 54.0. The number of rotatable bonds is 65. The summed E-state index contributed by atoms with van der Waals surface area (Å²) in [4.78, 5) is 25.6. The molecule has 0 aliphatic heterocycles. The molecule has 0 spiro atoms. The molecule has 1 amide bonds. The van der Waals surface area contributed by atoms with E-state index in [9.17, 15) is 19.4 Å². The topological polar surface area (TPSA) is 108 Å². The first-order valence-corrected chi connectivity index (χ1v) is 36.1. The molecule has 0 bridgehead atoms. The highest BCUT2D eigenvalue weighted by Gasteiger charge is 2.24. The van der Waals surface area contributed by atoms with Crippen LogP contribution in [-0.4, -0.2) is 68.5 Å². The summed E-state index contributed by atoms with van der Waals surface area (Å²) in [6, 6.07) is -0.798. The van der Waals surface area contributed by atoms with Crippen LogP contribution in [0.1, 0.15) is 361 Å². The minimum atomic E-state index is -4.57. The Bertz CT molecular complexity index is 1320.